The van der Waals surface area contributed by atoms with Gasteiger partial charge in [-0.3, -0.25) is 48.1 Å². The van der Waals surface area contributed by atoms with Crippen molar-refractivity contribution < 1.29 is 131 Å². The van der Waals surface area contributed by atoms with E-state index < -0.39 is 101 Å². The lowest BCUT2D eigenvalue weighted by Gasteiger charge is -2.38. The molecule has 3 N–H and O–H groups in total. The minimum atomic E-state index is -1.14. The number of piperazine rings is 4. The molecule has 0 radical (unpaired) electrons. The number of nitrogens with one attached hydrogen (secondary N) is 1. The van der Waals surface area contributed by atoms with Crippen molar-refractivity contribution in [2.45, 2.75) is 236 Å². The fourth-order valence-electron chi connectivity index (χ4n) is 23.2. The van der Waals surface area contributed by atoms with Crippen LogP contribution in [0.5, 0.6) is 0 Å². The van der Waals surface area contributed by atoms with Crippen molar-refractivity contribution in [1.82, 2.24) is 44.1 Å². The first kappa shape index (κ1) is 96.3. The molecule has 36 heteroatoms. The summed E-state index contributed by atoms with van der Waals surface area (Å²) in [6, 6.07) is 10.3. The van der Waals surface area contributed by atoms with Crippen molar-refractivity contribution in [3.8, 4) is 0 Å². The van der Waals surface area contributed by atoms with Crippen LogP contribution < -0.4 is 20.2 Å². The SMILES string of the molecule is C.CC(C)(C)OC(=O)N1CCN(C(=O)C2C(C(=O)O)[C@H]3CC[C@@H]2O3)CC1.CCN1CCN(C(=O)C2C(C(=O)[O-])[C@H]3CC[C@@H]2O3)CC1.COC(=O)C1C(C(=O)N2CCCCC2)[C@@H]2CC[C@H]1O2.C[NH+]1CCN(C(=O)C2C(C(=O)[O-])[C@H]3CC[C@@H]2O3)CC1.O=C(O)C1C(C(=O)N2CCN(Cc3ccccc3)CC2)[C@@H]2CC[C@H]1O2.O=C([O-])C1C(C(=O)N2CCCCC2)[C@@H]2CC[C@H]1O2. The van der Waals surface area contributed by atoms with Crippen LogP contribution in [0.3, 0.4) is 0 Å². The van der Waals surface area contributed by atoms with Crippen LogP contribution in [0.2, 0.25) is 0 Å². The van der Waals surface area contributed by atoms with Crippen LogP contribution >= 0.6 is 0 Å². The third kappa shape index (κ3) is 21.5. The molecule has 1 aromatic carbocycles. The van der Waals surface area contributed by atoms with Gasteiger partial charge in [0.25, 0.3) is 0 Å². The van der Waals surface area contributed by atoms with Gasteiger partial charge in [-0.25, -0.2) is 4.79 Å². The minimum Gasteiger partial charge on any atom is -0.550 e. The number of likely N-dealkylation sites (tertiary alicyclic amines) is 2. The van der Waals surface area contributed by atoms with E-state index in [1.54, 1.807) is 19.6 Å². The first-order valence-corrected chi connectivity index (χ1v) is 46.5. The number of fused-ring (bicyclic) bond motifs is 12. The topological polar surface area (TPSA) is 439 Å². The Hall–Kier alpha value is -8.23. The predicted octanol–water partition coefficient (Wildman–Crippen LogP) is -1.12. The van der Waals surface area contributed by atoms with Gasteiger partial charge < -0.3 is 122 Å². The lowest BCUT2D eigenvalue weighted by atomic mass is 9.78. The number of esters is 1. The molecule has 706 valence electrons. The van der Waals surface area contributed by atoms with Gasteiger partial charge in [0.05, 0.1) is 167 Å². The number of rotatable bonds is 15. The number of carbonyl (C=O) groups excluding carboxylic acids is 11. The number of carbonyl (C=O) groups is 13. The normalized spacial score (nSPS) is 35.4. The summed E-state index contributed by atoms with van der Waals surface area (Å²) in [5.74, 6) is -12.8. The monoisotopic (exact) mass is 1780 g/mol. The van der Waals surface area contributed by atoms with E-state index in [1.807, 2.05) is 53.7 Å². The summed E-state index contributed by atoms with van der Waals surface area (Å²) in [5, 5.41) is 52.8. The lowest BCUT2D eigenvalue weighted by Crippen LogP contribution is -3.12. The molecule has 18 aliphatic rings. The quantitative estimate of drug-likeness (QED) is 0.175. The summed E-state index contributed by atoms with van der Waals surface area (Å²) in [4.78, 5) is 176. The van der Waals surface area contributed by atoms with Gasteiger partial charge in [0, 0.05) is 147 Å². The van der Waals surface area contributed by atoms with Crippen LogP contribution in [0.25, 0.3) is 0 Å². The number of nitrogens with zero attached hydrogens (tertiary/aromatic N) is 9. The third-order valence-electron chi connectivity index (χ3n) is 29.8. The molecule has 36 nitrogen and oxygen atoms in total. The van der Waals surface area contributed by atoms with E-state index in [4.69, 9.17) is 37.9 Å². The summed E-state index contributed by atoms with van der Waals surface area (Å²) in [6.45, 7) is 23.4. The van der Waals surface area contributed by atoms with E-state index in [0.717, 1.165) is 181 Å². The second-order valence-electron chi connectivity index (χ2n) is 38.4. The number of carboxylic acids is 5. The number of hydrogen-bond donors (Lipinski definition) is 3. The molecular weight excluding hydrogens is 1650 g/mol. The molecule has 0 aliphatic carbocycles. The molecule has 1 aromatic rings. The summed E-state index contributed by atoms with van der Waals surface area (Å²) in [5.41, 5.74) is 0.717. The second-order valence-corrected chi connectivity index (χ2v) is 38.4. The standard InChI is InChI=1S/C19H24N2O4.C17H26N2O6.C14H22N2O4.C14H21NO4.C13H20N2O4.C13H19NO4.CH4/c22-18(16-14-6-7-15(25-14)17(16)19(23)24)21-10-8-20(9-11-21)12-13-4-2-1-3-5-13;1-17(2,3)25-16(23)19-8-6-18(7-9-19)14(20)12-10-4-5-11(24-10)13(12)15(21)22;1-2-15-5-7-16(8-6-15)13(17)11-9-3-4-10(20-9)12(11)14(18)19;1-18-14(17)12-10-6-5-9(19-10)11(12)13(16)15-7-3-2-4-8-15;1-14-4-6-15(7-5-14)12(16)10-8-2-3-9(19-8)11(10)13(17)18;15-12(14-6-2-1-3-7-14)10-8-4-5-9(18-8)11(10)13(16)17;/h1-5,14-17H,6-12H2,(H,23,24);10-13H,4-9H2,1-3H3,(H,21,22);9-12H,2-8H2,1H3,(H,18,19);9-12H,2-8H2,1H3;8-11H,2-7H2,1H3,(H,17,18);8-11H,1-7H2,(H,16,17);1H4/p-2/t14-,15+,16?,17?;10-,11+,12?,13?;2*9-,10+,11?,12?;2*8-,9+,10?,11?;/m000000./s1. The Labute approximate surface area is 743 Å². The molecule has 19 rings (SSSR count). The predicted molar refractivity (Wildman–Crippen MR) is 444 cm³/mol. The Bertz CT molecular complexity index is 4040. The zero-order valence-corrected chi connectivity index (χ0v) is 73.7. The van der Waals surface area contributed by atoms with Crippen molar-refractivity contribution in [2.24, 2.45) is 71.0 Å². The van der Waals surface area contributed by atoms with E-state index >= 15 is 0 Å². The van der Waals surface area contributed by atoms with Gasteiger partial charge in [-0.05, 0) is 148 Å². The number of ether oxygens (including phenoxy) is 8. The first-order chi connectivity index (χ1) is 60.4. The van der Waals surface area contributed by atoms with E-state index in [0.29, 0.717) is 71.9 Å². The van der Waals surface area contributed by atoms with Crippen molar-refractivity contribution in [3.63, 3.8) is 0 Å². The molecule has 24 atom stereocenters. The maximum absolute atomic E-state index is 12.9. The van der Waals surface area contributed by atoms with E-state index in [-0.39, 0.29) is 134 Å². The van der Waals surface area contributed by atoms with Crippen LogP contribution in [0.15, 0.2) is 30.3 Å². The molecule has 18 aliphatic heterocycles. The van der Waals surface area contributed by atoms with Crippen molar-refractivity contribution in [1.29, 1.82) is 0 Å². The zero-order valence-electron chi connectivity index (χ0n) is 73.7. The van der Waals surface area contributed by atoms with Gasteiger partial charge in [0.1, 0.15) is 5.60 Å². The lowest BCUT2D eigenvalue weighted by molar-refractivity contribution is -0.883. The molecule has 0 saturated carbocycles. The Balaban J connectivity index is 0.000000131. The number of amides is 7. The number of aliphatic carboxylic acids is 5. The van der Waals surface area contributed by atoms with Crippen molar-refractivity contribution in [2.75, 3.05) is 152 Å². The molecule has 18 heterocycles. The minimum absolute atomic E-state index is 0. The molecule has 127 heavy (non-hydrogen) atoms. The van der Waals surface area contributed by atoms with Gasteiger partial charge in [-0.1, -0.05) is 44.7 Å². The Morgan fingerprint density at radius 3 is 0.921 bits per heavy atom. The fourth-order valence-corrected chi connectivity index (χ4v) is 23.2. The van der Waals surface area contributed by atoms with Crippen LogP contribution in [0, 0.1) is 71.0 Å². The molecule has 12 unspecified atom stereocenters. The highest BCUT2D eigenvalue weighted by atomic mass is 16.6. The highest BCUT2D eigenvalue weighted by molar-refractivity contribution is 5.91. The maximum Gasteiger partial charge on any atom is 0.410 e. The van der Waals surface area contributed by atoms with Crippen molar-refractivity contribution >= 4 is 77.4 Å². The highest BCUT2D eigenvalue weighted by Gasteiger charge is 2.62. The number of likely N-dealkylation sites (N-methyl/N-ethyl adjacent to an activating group) is 2. The number of benzene rings is 1. The number of piperidine rings is 2. The molecule has 0 spiro atoms. The molecule has 18 fully saturated rings. The third-order valence-corrected chi connectivity index (χ3v) is 29.8. The van der Waals surface area contributed by atoms with Crippen LogP contribution in [0.4, 0.5) is 4.79 Å². The van der Waals surface area contributed by atoms with Crippen LogP contribution in [-0.2, 0) is 102 Å². The number of methoxy groups -OCH3 is 1. The Morgan fingerprint density at radius 2 is 0.622 bits per heavy atom. The Morgan fingerprint density at radius 1 is 0.362 bits per heavy atom. The molecule has 7 amide bonds. The highest BCUT2D eigenvalue weighted by Crippen LogP contribution is 2.50. The fraction of sp³-hybridized carbons (Fsp3) is 0.791. The van der Waals surface area contributed by atoms with Gasteiger partial charge in [-0.15, -0.1) is 0 Å². The van der Waals surface area contributed by atoms with Gasteiger partial charge >= 0.3 is 24.0 Å². The van der Waals surface area contributed by atoms with Gasteiger partial charge in [0.15, 0.2) is 0 Å². The second kappa shape index (κ2) is 42.3. The average Bonchev–Trinajstić information content (AvgIpc) is 1.65. The van der Waals surface area contributed by atoms with E-state index in [2.05, 4.69) is 35.9 Å². The molecule has 12 bridgehead atoms. The van der Waals surface area contributed by atoms with Crippen LogP contribution in [0.1, 0.15) is 156 Å². The first-order valence-electron chi connectivity index (χ1n) is 46.5. The van der Waals surface area contributed by atoms with Gasteiger partial charge in [0.2, 0.25) is 35.4 Å². The zero-order chi connectivity index (χ0) is 89.7. The Kier molecular flexibility index (Phi) is 32.1. The number of carboxylic acid groups (broad SMARTS) is 5. The smallest absolute Gasteiger partial charge is 0.410 e. The average molecular weight is 1780 g/mol. The van der Waals surface area contributed by atoms with E-state index in [9.17, 15) is 87.9 Å². The molecule has 0 aromatic heterocycles. The summed E-state index contributed by atoms with van der Waals surface area (Å²) >= 11 is 0. The summed E-state index contributed by atoms with van der Waals surface area (Å²) < 4.78 is 44.3. The molecule has 18 saturated heterocycles. The van der Waals surface area contributed by atoms with Gasteiger partial charge in [-0.2, -0.15) is 0 Å². The van der Waals surface area contributed by atoms with Crippen LogP contribution in [-0.4, -0.2) is 362 Å². The summed E-state index contributed by atoms with van der Waals surface area (Å²) in [6.07, 6.45) is 12.6. The molecular formula is C91H134N10O26-2. The largest absolute Gasteiger partial charge is 0.550 e. The van der Waals surface area contributed by atoms with Crippen molar-refractivity contribution in [3.05, 3.63) is 35.9 Å². The summed E-state index contributed by atoms with van der Waals surface area (Å²) in [7, 11) is 3.49. The number of quaternary nitrogens is 1. The number of hydrogen-bond acceptors (Lipinski definition) is 26. The van der Waals surface area contributed by atoms with E-state index in [1.165, 1.54) is 24.0 Å². The maximum atomic E-state index is 12.9.